The van der Waals surface area contributed by atoms with Crippen molar-refractivity contribution in [1.82, 2.24) is 24.7 Å². The van der Waals surface area contributed by atoms with Crippen LogP contribution in [-0.4, -0.2) is 89.2 Å². The van der Waals surface area contributed by atoms with Crippen molar-refractivity contribution in [1.29, 1.82) is 0 Å². The van der Waals surface area contributed by atoms with Gasteiger partial charge in [-0.1, -0.05) is 0 Å². The topological polar surface area (TPSA) is 127 Å². The summed E-state index contributed by atoms with van der Waals surface area (Å²) in [6, 6.07) is 7.86. The average molecular weight is 564 g/mol. The predicted molar refractivity (Wildman–Crippen MR) is 154 cm³/mol. The highest BCUT2D eigenvalue weighted by Gasteiger charge is 2.38. The van der Waals surface area contributed by atoms with Crippen molar-refractivity contribution in [2.75, 3.05) is 48.6 Å². The lowest BCUT2D eigenvalue weighted by molar-refractivity contribution is 0.198. The number of methoxy groups -OCH3 is 1. The van der Waals surface area contributed by atoms with Crippen molar-refractivity contribution >= 4 is 32.2 Å². The van der Waals surface area contributed by atoms with Gasteiger partial charge < -0.3 is 19.6 Å². The van der Waals surface area contributed by atoms with E-state index in [2.05, 4.69) is 21.7 Å². The number of pyridine rings is 3. The lowest BCUT2D eigenvalue weighted by atomic mass is 9.91. The van der Waals surface area contributed by atoms with Gasteiger partial charge in [0.2, 0.25) is 0 Å². The zero-order valence-corrected chi connectivity index (χ0v) is 23.8. The van der Waals surface area contributed by atoms with Gasteiger partial charge in [-0.2, -0.15) is 5.10 Å². The van der Waals surface area contributed by atoms with Gasteiger partial charge in [0.25, 0.3) is 0 Å². The number of hydrogen-bond acceptors (Lipinski definition) is 10. The van der Waals surface area contributed by atoms with Crippen LogP contribution in [0.3, 0.4) is 0 Å². The molecule has 1 N–H and O–H groups in total. The maximum absolute atomic E-state index is 11.9. The Bertz CT molecular complexity index is 1690. The molecule has 2 fully saturated rings. The second-order valence-electron chi connectivity index (χ2n) is 10.8. The minimum absolute atomic E-state index is 0.0625. The molecule has 6 heterocycles. The van der Waals surface area contributed by atoms with E-state index in [1.165, 1.54) is 6.26 Å². The van der Waals surface area contributed by atoms with Crippen LogP contribution >= 0.6 is 0 Å². The number of β-amino-alcohol motifs (C(OH)–C–C–N with tert-alkyl or cyclic N) is 1. The SMILES string of the molecule is COc1ccncc1-c1cc2c(cnn2-c2cc(N3C[C@H](CS(C)(=O)=O)[C@H]3C)cc(N3CC[C@H](O)C3)n2)c(C)n1. The molecule has 0 aliphatic carbocycles. The fraction of sp³-hybridized carbons (Fsp3) is 0.429. The molecular formula is C28H33N7O4S. The van der Waals surface area contributed by atoms with Crippen LogP contribution in [0.5, 0.6) is 5.75 Å². The van der Waals surface area contributed by atoms with Gasteiger partial charge in [0.15, 0.2) is 5.82 Å². The van der Waals surface area contributed by atoms with E-state index in [1.54, 1.807) is 31.8 Å². The summed E-state index contributed by atoms with van der Waals surface area (Å²) in [6.07, 6.45) is 6.79. The Morgan fingerprint density at radius 2 is 1.93 bits per heavy atom. The smallest absolute Gasteiger partial charge is 0.158 e. The molecule has 12 heteroatoms. The molecule has 210 valence electrons. The zero-order chi connectivity index (χ0) is 28.2. The Hall–Kier alpha value is -3.77. The number of anilines is 2. The molecule has 2 saturated heterocycles. The number of aliphatic hydroxyl groups is 1. The number of aromatic nitrogens is 5. The fourth-order valence-electron chi connectivity index (χ4n) is 5.73. The number of aliphatic hydroxyl groups excluding tert-OH is 1. The van der Waals surface area contributed by atoms with Crippen LogP contribution in [0.2, 0.25) is 0 Å². The van der Waals surface area contributed by atoms with Crippen molar-refractivity contribution in [3.63, 3.8) is 0 Å². The molecule has 0 aromatic carbocycles. The molecule has 0 spiro atoms. The minimum atomic E-state index is -3.06. The molecule has 0 amide bonds. The first-order valence-electron chi connectivity index (χ1n) is 13.3. The lowest BCUT2D eigenvalue weighted by Crippen LogP contribution is -2.57. The highest BCUT2D eigenvalue weighted by atomic mass is 32.2. The summed E-state index contributed by atoms with van der Waals surface area (Å²) >= 11 is 0. The summed E-state index contributed by atoms with van der Waals surface area (Å²) in [5.41, 5.74) is 4.11. The number of hydrogen-bond donors (Lipinski definition) is 1. The Labute approximate surface area is 233 Å². The summed E-state index contributed by atoms with van der Waals surface area (Å²) in [7, 11) is -1.44. The normalized spacial score (nSPS) is 21.2. The van der Waals surface area contributed by atoms with E-state index in [4.69, 9.17) is 19.8 Å². The van der Waals surface area contributed by atoms with Crippen LogP contribution < -0.4 is 14.5 Å². The third-order valence-electron chi connectivity index (χ3n) is 7.98. The molecule has 11 nitrogen and oxygen atoms in total. The molecule has 3 atom stereocenters. The summed E-state index contributed by atoms with van der Waals surface area (Å²) in [4.78, 5) is 18.4. The summed E-state index contributed by atoms with van der Waals surface area (Å²) in [6.45, 7) is 5.87. The van der Waals surface area contributed by atoms with Crippen LogP contribution in [0.25, 0.3) is 28.0 Å². The third kappa shape index (κ3) is 4.86. The van der Waals surface area contributed by atoms with Crippen molar-refractivity contribution in [3.05, 3.63) is 48.5 Å². The quantitative estimate of drug-likeness (QED) is 0.359. The van der Waals surface area contributed by atoms with Crippen LogP contribution in [0.15, 0.2) is 42.9 Å². The number of nitrogens with zero attached hydrogens (tertiary/aromatic N) is 7. The molecule has 0 bridgehead atoms. The number of sulfone groups is 1. The average Bonchev–Trinajstić information content (AvgIpc) is 3.56. The lowest BCUT2D eigenvalue weighted by Gasteiger charge is -2.48. The van der Waals surface area contributed by atoms with Crippen LogP contribution in [0.4, 0.5) is 11.5 Å². The standard InChI is InChI=1S/C28H33N7O4S/c1-17-22-13-30-35(25(22)11-24(31-17)23-12-29-7-5-26(23)39-3)28-10-20(9-27(32-28)33-8-6-21(36)15-33)34-14-19(18(34)2)16-40(4,37)38/h5,7,9-13,18-19,21,36H,6,8,14-16H2,1-4H3/t18-,19-,21+/m1/s1. The van der Waals surface area contributed by atoms with Gasteiger partial charge >= 0.3 is 0 Å². The Balaban J connectivity index is 1.45. The zero-order valence-electron chi connectivity index (χ0n) is 23.0. The minimum Gasteiger partial charge on any atom is -0.496 e. The monoisotopic (exact) mass is 563 g/mol. The molecule has 40 heavy (non-hydrogen) atoms. The van der Waals surface area contributed by atoms with E-state index in [9.17, 15) is 13.5 Å². The summed E-state index contributed by atoms with van der Waals surface area (Å²) in [5.74, 6) is 2.31. The molecule has 4 aromatic rings. The highest BCUT2D eigenvalue weighted by molar-refractivity contribution is 7.90. The van der Waals surface area contributed by atoms with Gasteiger partial charge in [-0.15, -0.1) is 0 Å². The van der Waals surface area contributed by atoms with E-state index in [0.717, 1.165) is 39.4 Å². The van der Waals surface area contributed by atoms with Crippen LogP contribution in [-0.2, 0) is 9.84 Å². The molecule has 0 unspecified atom stereocenters. The highest BCUT2D eigenvalue weighted by Crippen LogP contribution is 2.36. The van der Waals surface area contributed by atoms with E-state index in [0.29, 0.717) is 37.6 Å². The Morgan fingerprint density at radius 3 is 2.62 bits per heavy atom. The molecule has 6 rings (SSSR count). The van der Waals surface area contributed by atoms with Gasteiger partial charge in [0, 0.05) is 79.1 Å². The van der Waals surface area contributed by atoms with E-state index < -0.39 is 15.9 Å². The predicted octanol–water partition coefficient (Wildman–Crippen LogP) is 2.63. The second kappa shape index (κ2) is 10.0. The van der Waals surface area contributed by atoms with Crippen molar-refractivity contribution < 1.29 is 18.3 Å². The maximum atomic E-state index is 11.9. The van der Waals surface area contributed by atoms with Crippen LogP contribution in [0.1, 0.15) is 19.0 Å². The molecule has 2 aliphatic rings. The molecule has 0 saturated carbocycles. The van der Waals surface area contributed by atoms with Gasteiger partial charge in [0.1, 0.15) is 21.4 Å². The number of ether oxygens (including phenoxy) is 1. The van der Waals surface area contributed by atoms with Gasteiger partial charge in [-0.05, 0) is 32.4 Å². The Kier molecular flexibility index (Phi) is 6.62. The summed E-state index contributed by atoms with van der Waals surface area (Å²) < 4.78 is 31.2. The number of rotatable bonds is 7. The largest absolute Gasteiger partial charge is 0.496 e. The van der Waals surface area contributed by atoms with Gasteiger partial charge in [0.05, 0.1) is 41.9 Å². The first-order chi connectivity index (χ1) is 19.1. The summed E-state index contributed by atoms with van der Waals surface area (Å²) in [5, 5.41) is 15.8. The Morgan fingerprint density at radius 1 is 1.12 bits per heavy atom. The fourth-order valence-corrected chi connectivity index (χ4v) is 6.90. The first kappa shape index (κ1) is 26.5. The van der Waals surface area contributed by atoms with Gasteiger partial charge in [-0.3, -0.25) is 9.97 Å². The molecule has 0 radical (unpaired) electrons. The van der Waals surface area contributed by atoms with Gasteiger partial charge in [-0.25, -0.2) is 18.1 Å². The molecule has 2 aliphatic heterocycles. The van der Waals surface area contributed by atoms with E-state index >= 15 is 0 Å². The molecule has 4 aromatic heterocycles. The second-order valence-corrected chi connectivity index (χ2v) is 13.0. The third-order valence-corrected chi connectivity index (χ3v) is 9.01. The maximum Gasteiger partial charge on any atom is 0.158 e. The van der Waals surface area contributed by atoms with Crippen molar-refractivity contribution in [3.8, 4) is 22.8 Å². The van der Waals surface area contributed by atoms with E-state index in [-0.39, 0.29) is 17.7 Å². The van der Waals surface area contributed by atoms with E-state index in [1.807, 2.05) is 29.8 Å². The number of aryl methyl sites for hydroxylation is 1. The first-order valence-corrected chi connectivity index (χ1v) is 15.4. The van der Waals surface area contributed by atoms with Crippen molar-refractivity contribution in [2.24, 2.45) is 5.92 Å². The van der Waals surface area contributed by atoms with Crippen molar-refractivity contribution in [2.45, 2.75) is 32.4 Å². The number of fused-ring (bicyclic) bond motifs is 1. The molecular weight excluding hydrogens is 530 g/mol. The van der Waals surface area contributed by atoms with Crippen LogP contribution in [0, 0.1) is 12.8 Å².